The molecule has 2 saturated carbocycles. The van der Waals surface area contributed by atoms with Crippen molar-refractivity contribution < 1.29 is 9.59 Å². The van der Waals surface area contributed by atoms with Crippen LogP contribution >= 0.6 is 0 Å². The first kappa shape index (κ1) is 17.6. The van der Waals surface area contributed by atoms with E-state index in [-0.39, 0.29) is 5.91 Å². The quantitative estimate of drug-likeness (QED) is 0.877. The van der Waals surface area contributed by atoms with Crippen LogP contribution in [0.3, 0.4) is 0 Å². The van der Waals surface area contributed by atoms with Crippen molar-refractivity contribution in [3.8, 4) is 0 Å². The van der Waals surface area contributed by atoms with E-state index in [0.29, 0.717) is 29.9 Å². The second-order valence-corrected chi connectivity index (χ2v) is 8.58. The minimum Gasteiger partial charge on any atom is -0.352 e. The fourth-order valence-electron chi connectivity index (χ4n) is 5.24. The van der Waals surface area contributed by atoms with Crippen molar-refractivity contribution in [2.45, 2.75) is 44.9 Å². The third-order valence-electron chi connectivity index (χ3n) is 6.81. The molecule has 2 aliphatic carbocycles. The maximum atomic E-state index is 12.6. The lowest BCUT2D eigenvalue weighted by molar-refractivity contribution is -0.134. The van der Waals surface area contributed by atoms with Gasteiger partial charge in [-0.05, 0) is 55.8 Å². The molecule has 2 bridgehead atoms. The molecule has 0 spiro atoms. The maximum absolute atomic E-state index is 12.6. The van der Waals surface area contributed by atoms with Crippen LogP contribution in [-0.2, 0) is 11.8 Å². The number of carbonyl (C=O) groups excluding carboxylic acids is 2. The molecule has 142 valence electrons. The van der Waals surface area contributed by atoms with Gasteiger partial charge in [0.2, 0.25) is 5.91 Å². The van der Waals surface area contributed by atoms with Crippen molar-refractivity contribution in [2.75, 3.05) is 19.6 Å². The molecule has 0 radical (unpaired) electrons. The second-order valence-electron chi connectivity index (χ2n) is 8.58. The lowest BCUT2D eigenvalue weighted by Crippen LogP contribution is -2.42. The van der Waals surface area contributed by atoms with Crippen LogP contribution in [0.5, 0.6) is 0 Å². The zero-order valence-electron chi connectivity index (χ0n) is 15.7. The summed E-state index contributed by atoms with van der Waals surface area (Å²) in [6.07, 6.45) is 11.4. The number of nitrogens with zero attached hydrogens (tertiary/aromatic N) is 3. The van der Waals surface area contributed by atoms with E-state index in [0.717, 1.165) is 44.2 Å². The van der Waals surface area contributed by atoms with Crippen LogP contribution in [0.15, 0.2) is 12.4 Å². The van der Waals surface area contributed by atoms with E-state index in [9.17, 15) is 9.59 Å². The normalized spacial score (nSPS) is 28.5. The van der Waals surface area contributed by atoms with Gasteiger partial charge in [0.1, 0.15) is 0 Å². The van der Waals surface area contributed by atoms with Gasteiger partial charge in [0.25, 0.3) is 5.91 Å². The lowest BCUT2D eigenvalue weighted by Gasteiger charge is -2.33. The molecule has 4 rings (SSSR count). The Balaban J connectivity index is 1.18. The number of nitrogens with one attached hydrogen (secondary N) is 1. The summed E-state index contributed by atoms with van der Waals surface area (Å²) < 4.78 is 1.63. The topological polar surface area (TPSA) is 67.2 Å². The van der Waals surface area contributed by atoms with Crippen LogP contribution in [0.4, 0.5) is 0 Å². The summed E-state index contributed by atoms with van der Waals surface area (Å²) in [6, 6.07) is 0. The van der Waals surface area contributed by atoms with Crippen LogP contribution in [0.25, 0.3) is 0 Å². The Kier molecular flexibility index (Phi) is 5.00. The molecular formula is C20H30N4O2. The fourth-order valence-corrected chi connectivity index (χ4v) is 5.24. The Morgan fingerprint density at radius 2 is 2.00 bits per heavy atom. The third kappa shape index (κ3) is 3.79. The van der Waals surface area contributed by atoms with Crippen molar-refractivity contribution in [2.24, 2.45) is 30.7 Å². The highest BCUT2D eigenvalue weighted by molar-refractivity contribution is 5.93. The number of hydrogen-bond donors (Lipinski definition) is 1. The van der Waals surface area contributed by atoms with Crippen molar-refractivity contribution in [3.05, 3.63) is 18.0 Å². The molecule has 2 heterocycles. The molecule has 1 aromatic rings. The Hall–Kier alpha value is -1.85. The van der Waals surface area contributed by atoms with Gasteiger partial charge in [-0.1, -0.05) is 6.42 Å². The molecule has 3 aliphatic rings. The molecule has 3 unspecified atom stereocenters. The molecule has 2 amide bonds. The summed E-state index contributed by atoms with van der Waals surface area (Å²) in [4.78, 5) is 26.8. The van der Waals surface area contributed by atoms with E-state index in [1.54, 1.807) is 24.1 Å². The molecule has 0 aromatic carbocycles. The standard InChI is InChI=1S/C20H30N4O2/c1-23-13-18(12-22-23)20(26)21-11-14-4-6-24(7-5-14)19(25)10-17-9-15-2-3-16(17)8-15/h12-17H,2-11H2,1H3,(H,21,26). The molecule has 6 nitrogen and oxygen atoms in total. The predicted molar refractivity (Wildman–Crippen MR) is 98.4 cm³/mol. The lowest BCUT2D eigenvalue weighted by atomic mass is 9.86. The number of carbonyl (C=O) groups is 2. The summed E-state index contributed by atoms with van der Waals surface area (Å²) >= 11 is 0. The van der Waals surface area contributed by atoms with Gasteiger partial charge in [0.05, 0.1) is 11.8 Å². The number of aromatic nitrogens is 2. The summed E-state index contributed by atoms with van der Waals surface area (Å²) in [5, 5.41) is 7.04. The predicted octanol–water partition coefficient (Wildman–Crippen LogP) is 2.21. The Morgan fingerprint density at radius 1 is 1.19 bits per heavy atom. The molecule has 3 fully saturated rings. The molecule has 1 aliphatic heterocycles. The van der Waals surface area contributed by atoms with Gasteiger partial charge < -0.3 is 10.2 Å². The van der Waals surface area contributed by atoms with Gasteiger partial charge in [-0.25, -0.2) is 0 Å². The van der Waals surface area contributed by atoms with Gasteiger partial charge in [-0.2, -0.15) is 5.10 Å². The zero-order valence-corrected chi connectivity index (χ0v) is 15.7. The van der Waals surface area contributed by atoms with Crippen molar-refractivity contribution >= 4 is 11.8 Å². The first-order valence-electron chi connectivity index (χ1n) is 10.1. The van der Waals surface area contributed by atoms with E-state index in [2.05, 4.69) is 15.3 Å². The number of amides is 2. The number of rotatable bonds is 5. The SMILES string of the molecule is Cn1cc(C(=O)NCC2CCN(C(=O)CC3CC4CCC3C4)CC2)cn1. The van der Waals surface area contributed by atoms with Crippen LogP contribution in [0, 0.1) is 23.7 Å². The molecule has 6 heteroatoms. The summed E-state index contributed by atoms with van der Waals surface area (Å²) in [7, 11) is 1.81. The highest BCUT2D eigenvalue weighted by Crippen LogP contribution is 2.49. The average molecular weight is 358 g/mol. The van der Waals surface area contributed by atoms with E-state index in [1.807, 2.05) is 0 Å². The highest BCUT2D eigenvalue weighted by Gasteiger charge is 2.40. The minimum absolute atomic E-state index is 0.0621. The van der Waals surface area contributed by atoms with E-state index in [1.165, 1.54) is 25.7 Å². The van der Waals surface area contributed by atoms with Gasteiger partial charge in [0.15, 0.2) is 0 Å². The molecule has 3 atom stereocenters. The molecule has 1 aromatic heterocycles. The molecule has 1 saturated heterocycles. The summed E-state index contributed by atoms with van der Waals surface area (Å²) in [5.74, 6) is 3.14. The van der Waals surface area contributed by atoms with E-state index >= 15 is 0 Å². The van der Waals surface area contributed by atoms with E-state index < -0.39 is 0 Å². The largest absolute Gasteiger partial charge is 0.352 e. The zero-order chi connectivity index (χ0) is 18.1. The number of likely N-dealkylation sites (tertiary alicyclic amines) is 1. The highest BCUT2D eigenvalue weighted by atomic mass is 16.2. The maximum Gasteiger partial charge on any atom is 0.254 e. The minimum atomic E-state index is -0.0621. The second kappa shape index (κ2) is 7.41. The Bertz CT molecular complexity index is 663. The van der Waals surface area contributed by atoms with Crippen molar-refractivity contribution in [1.82, 2.24) is 20.0 Å². The summed E-state index contributed by atoms with van der Waals surface area (Å²) in [5.41, 5.74) is 0.603. The first-order valence-corrected chi connectivity index (χ1v) is 10.1. The van der Waals surface area contributed by atoms with Crippen LogP contribution in [0.2, 0.25) is 0 Å². The smallest absolute Gasteiger partial charge is 0.254 e. The molecular weight excluding hydrogens is 328 g/mol. The van der Waals surface area contributed by atoms with Crippen LogP contribution in [0.1, 0.15) is 55.3 Å². The fraction of sp³-hybridized carbons (Fsp3) is 0.750. The molecule has 26 heavy (non-hydrogen) atoms. The number of hydrogen-bond acceptors (Lipinski definition) is 3. The summed E-state index contributed by atoms with van der Waals surface area (Å²) in [6.45, 7) is 2.36. The third-order valence-corrected chi connectivity index (χ3v) is 6.81. The Morgan fingerprint density at radius 3 is 2.62 bits per heavy atom. The van der Waals surface area contributed by atoms with Crippen LogP contribution < -0.4 is 5.32 Å². The number of fused-ring (bicyclic) bond motifs is 2. The first-order chi connectivity index (χ1) is 12.6. The van der Waals surface area contributed by atoms with Gasteiger partial charge in [-0.15, -0.1) is 0 Å². The number of aryl methyl sites for hydroxylation is 1. The van der Waals surface area contributed by atoms with Gasteiger partial charge in [0, 0.05) is 39.3 Å². The van der Waals surface area contributed by atoms with E-state index in [4.69, 9.17) is 0 Å². The van der Waals surface area contributed by atoms with Crippen LogP contribution in [-0.4, -0.2) is 46.1 Å². The monoisotopic (exact) mass is 358 g/mol. The molecule has 1 N–H and O–H groups in total. The van der Waals surface area contributed by atoms with Gasteiger partial charge >= 0.3 is 0 Å². The van der Waals surface area contributed by atoms with Gasteiger partial charge in [-0.3, -0.25) is 14.3 Å². The van der Waals surface area contributed by atoms with Crippen molar-refractivity contribution in [1.29, 1.82) is 0 Å². The Labute approximate surface area is 155 Å². The average Bonchev–Trinajstić information content (AvgIpc) is 3.37. The van der Waals surface area contributed by atoms with Crippen molar-refractivity contribution in [3.63, 3.8) is 0 Å². The number of piperidine rings is 1.